The van der Waals surface area contributed by atoms with Gasteiger partial charge in [-0.3, -0.25) is 4.79 Å². The van der Waals surface area contributed by atoms with Crippen LogP contribution in [0.3, 0.4) is 0 Å². The van der Waals surface area contributed by atoms with Crippen LogP contribution in [0.25, 0.3) is 0 Å². The average molecular weight is 225 g/mol. The van der Waals surface area contributed by atoms with Crippen LogP contribution in [-0.4, -0.2) is 41.3 Å². The van der Waals surface area contributed by atoms with Crippen molar-refractivity contribution < 1.29 is 20.1 Å². The third-order valence-electron chi connectivity index (χ3n) is 2.32. The van der Waals surface area contributed by atoms with Crippen LogP contribution in [-0.2, 0) is 0 Å². The summed E-state index contributed by atoms with van der Waals surface area (Å²) in [5, 5.41) is 31.7. The predicted octanol–water partition coefficient (Wildman–Crippen LogP) is -0.182. The molecule has 0 heterocycles. The number of carbonyl (C=O) groups is 1. The van der Waals surface area contributed by atoms with E-state index < -0.39 is 12.2 Å². The molecule has 2 atom stereocenters. The van der Waals surface area contributed by atoms with Gasteiger partial charge in [0.05, 0.1) is 11.7 Å². The van der Waals surface area contributed by atoms with E-state index in [4.69, 9.17) is 0 Å². The van der Waals surface area contributed by atoms with Gasteiger partial charge >= 0.3 is 0 Å². The zero-order chi connectivity index (χ0) is 12.1. The van der Waals surface area contributed by atoms with Crippen LogP contribution in [0.5, 0.6) is 5.75 Å². The molecule has 0 bridgehead atoms. The second-order valence-corrected chi connectivity index (χ2v) is 3.47. The molecule has 0 fully saturated rings. The molecular weight excluding hydrogens is 210 g/mol. The number of likely N-dealkylation sites (N-methyl/N-ethyl adjacent to an activating group) is 1. The maximum Gasteiger partial charge on any atom is 0.153 e. The molecule has 0 amide bonds. The lowest BCUT2D eigenvalue weighted by atomic mass is 10.0. The molecule has 0 saturated heterocycles. The van der Waals surface area contributed by atoms with Gasteiger partial charge in [-0.2, -0.15) is 0 Å². The van der Waals surface area contributed by atoms with Gasteiger partial charge in [-0.05, 0) is 13.1 Å². The molecular formula is C11H15NO4. The van der Waals surface area contributed by atoms with Gasteiger partial charge in [0.25, 0.3) is 0 Å². The van der Waals surface area contributed by atoms with E-state index >= 15 is 0 Å². The molecule has 0 saturated carbocycles. The fourth-order valence-electron chi connectivity index (χ4n) is 1.44. The van der Waals surface area contributed by atoms with Gasteiger partial charge in [-0.1, -0.05) is 12.1 Å². The van der Waals surface area contributed by atoms with Gasteiger partial charge in [0.15, 0.2) is 6.29 Å². The lowest BCUT2D eigenvalue weighted by Gasteiger charge is -2.19. The SMILES string of the molecule is CNCC(O)C(O)c1cccc(C=O)c1O. The Hall–Kier alpha value is -1.43. The fraction of sp³-hybridized carbons (Fsp3) is 0.364. The molecule has 0 aliphatic carbocycles. The minimum Gasteiger partial charge on any atom is -0.507 e. The number of carbonyl (C=O) groups excluding carboxylic acids is 1. The van der Waals surface area contributed by atoms with Gasteiger partial charge in [-0.15, -0.1) is 0 Å². The number of hydrogen-bond donors (Lipinski definition) is 4. The van der Waals surface area contributed by atoms with Crippen molar-refractivity contribution in [2.24, 2.45) is 0 Å². The van der Waals surface area contributed by atoms with Crippen molar-refractivity contribution in [3.8, 4) is 5.75 Å². The topological polar surface area (TPSA) is 89.8 Å². The number of benzene rings is 1. The molecule has 0 spiro atoms. The third-order valence-corrected chi connectivity index (χ3v) is 2.32. The van der Waals surface area contributed by atoms with E-state index in [2.05, 4.69) is 5.32 Å². The number of aldehydes is 1. The third kappa shape index (κ3) is 2.57. The molecule has 4 N–H and O–H groups in total. The van der Waals surface area contributed by atoms with Gasteiger partial charge in [0, 0.05) is 12.1 Å². The zero-order valence-electron chi connectivity index (χ0n) is 8.92. The lowest BCUT2D eigenvalue weighted by molar-refractivity contribution is 0.0188. The highest BCUT2D eigenvalue weighted by Crippen LogP contribution is 2.28. The average Bonchev–Trinajstić information content (AvgIpc) is 2.29. The molecule has 16 heavy (non-hydrogen) atoms. The maximum atomic E-state index is 10.6. The fourth-order valence-corrected chi connectivity index (χ4v) is 1.44. The molecule has 5 heteroatoms. The molecule has 1 rings (SSSR count). The largest absolute Gasteiger partial charge is 0.507 e. The highest BCUT2D eigenvalue weighted by Gasteiger charge is 2.21. The Bertz CT molecular complexity index is 367. The summed E-state index contributed by atoms with van der Waals surface area (Å²) in [6.45, 7) is 0.186. The van der Waals surface area contributed by atoms with E-state index in [1.165, 1.54) is 18.2 Å². The molecule has 1 aromatic rings. The van der Waals surface area contributed by atoms with Gasteiger partial charge in [0.1, 0.15) is 11.9 Å². The first-order valence-corrected chi connectivity index (χ1v) is 4.89. The minimum absolute atomic E-state index is 0.0909. The summed E-state index contributed by atoms with van der Waals surface area (Å²) in [5.74, 6) is -0.292. The smallest absolute Gasteiger partial charge is 0.153 e. The number of aliphatic hydroxyl groups excluding tert-OH is 2. The van der Waals surface area contributed by atoms with Gasteiger partial charge in [0.2, 0.25) is 0 Å². The van der Waals surface area contributed by atoms with E-state index in [9.17, 15) is 20.1 Å². The highest BCUT2D eigenvalue weighted by atomic mass is 16.3. The number of para-hydroxylation sites is 1. The van der Waals surface area contributed by atoms with Crippen molar-refractivity contribution >= 4 is 6.29 Å². The van der Waals surface area contributed by atoms with Crippen molar-refractivity contribution in [2.75, 3.05) is 13.6 Å². The van der Waals surface area contributed by atoms with E-state index in [1.54, 1.807) is 7.05 Å². The molecule has 0 aromatic heterocycles. The molecule has 5 nitrogen and oxygen atoms in total. The molecule has 0 aliphatic heterocycles. The Morgan fingerprint density at radius 2 is 2.12 bits per heavy atom. The highest BCUT2D eigenvalue weighted by molar-refractivity contribution is 5.80. The first-order chi connectivity index (χ1) is 7.61. The number of aromatic hydroxyl groups is 1. The Morgan fingerprint density at radius 3 is 2.69 bits per heavy atom. The Kier molecular flexibility index (Phi) is 4.42. The van der Waals surface area contributed by atoms with E-state index in [0.29, 0.717) is 6.29 Å². The van der Waals surface area contributed by atoms with Crippen LogP contribution in [0.1, 0.15) is 22.0 Å². The molecule has 2 unspecified atom stereocenters. The van der Waals surface area contributed by atoms with E-state index in [0.717, 1.165) is 0 Å². The van der Waals surface area contributed by atoms with Crippen LogP contribution < -0.4 is 5.32 Å². The summed E-state index contributed by atoms with van der Waals surface area (Å²) < 4.78 is 0. The van der Waals surface area contributed by atoms with Crippen LogP contribution in [0, 0.1) is 0 Å². The Labute approximate surface area is 93.4 Å². The molecule has 0 radical (unpaired) electrons. The van der Waals surface area contributed by atoms with Crippen LogP contribution in [0.4, 0.5) is 0 Å². The summed E-state index contributed by atoms with van der Waals surface area (Å²) in [7, 11) is 1.64. The number of phenolic OH excluding ortho intramolecular Hbond substituents is 1. The molecule has 88 valence electrons. The Balaban J connectivity index is 2.99. The van der Waals surface area contributed by atoms with E-state index in [1.807, 2.05) is 0 Å². The van der Waals surface area contributed by atoms with Crippen molar-refractivity contribution in [1.29, 1.82) is 0 Å². The van der Waals surface area contributed by atoms with Crippen LogP contribution in [0.2, 0.25) is 0 Å². The summed E-state index contributed by atoms with van der Waals surface area (Å²) in [5.41, 5.74) is 0.237. The van der Waals surface area contributed by atoms with Crippen molar-refractivity contribution in [3.05, 3.63) is 29.3 Å². The second kappa shape index (κ2) is 5.60. The minimum atomic E-state index is -1.23. The standard InChI is InChI=1S/C11H15NO4/c1-12-5-9(14)11(16)8-4-2-3-7(6-13)10(8)15/h2-4,6,9,11-12,14-16H,5H2,1H3. The number of aliphatic hydroxyl groups is 2. The quantitative estimate of drug-likeness (QED) is 0.522. The summed E-state index contributed by atoms with van der Waals surface area (Å²) in [6.07, 6.45) is -1.78. The molecule has 1 aromatic carbocycles. The van der Waals surface area contributed by atoms with Crippen molar-refractivity contribution in [2.45, 2.75) is 12.2 Å². The van der Waals surface area contributed by atoms with Gasteiger partial charge in [-0.25, -0.2) is 0 Å². The normalized spacial score (nSPS) is 14.4. The number of nitrogens with one attached hydrogen (secondary N) is 1. The van der Waals surface area contributed by atoms with Crippen molar-refractivity contribution in [1.82, 2.24) is 5.32 Å². The summed E-state index contributed by atoms with van der Waals surface area (Å²) in [4.78, 5) is 10.6. The number of phenols is 1. The first-order valence-electron chi connectivity index (χ1n) is 4.89. The Morgan fingerprint density at radius 1 is 1.44 bits per heavy atom. The summed E-state index contributed by atoms with van der Waals surface area (Å²) >= 11 is 0. The van der Waals surface area contributed by atoms with Gasteiger partial charge < -0.3 is 20.6 Å². The van der Waals surface area contributed by atoms with Crippen LogP contribution >= 0.6 is 0 Å². The first kappa shape index (κ1) is 12.6. The number of rotatable bonds is 5. The summed E-state index contributed by atoms with van der Waals surface area (Å²) in [6, 6.07) is 4.43. The van der Waals surface area contributed by atoms with E-state index in [-0.39, 0.29) is 23.4 Å². The lowest BCUT2D eigenvalue weighted by Crippen LogP contribution is -2.29. The monoisotopic (exact) mass is 225 g/mol. The van der Waals surface area contributed by atoms with Crippen LogP contribution in [0.15, 0.2) is 18.2 Å². The maximum absolute atomic E-state index is 10.6. The predicted molar refractivity (Wildman–Crippen MR) is 58.4 cm³/mol. The number of hydrogen-bond acceptors (Lipinski definition) is 5. The molecule has 0 aliphatic rings. The van der Waals surface area contributed by atoms with Crippen molar-refractivity contribution in [3.63, 3.8) is 0 Å². The zero-order valence-corrected chi connectivity index (χ0v) is 8.92. The second-order valence-electron chi connectivity index (χ2n) is 3.47.